The third-order valence-corrected chi connectivity index (χ3v) is 5.24. The average Bonchev–Trinajstić information content (AvgIpc) is 2.56. The molecule has 25 heavy (non-hydrogen) atoms. The van der Waals surface area contributed by atoms with Gasteiger partial charge in [-0.2, -0.15) is 0 Å². The molecule has 6 heteroatoms. The molecular formula is C19H26N2O3S. The Morgan fingerprint density at radius 2 is 1.68 bits per heavy atom. The number of aryl methyl sites for hydroxylation is 1. The zero-order valence-electron chi connectivity index (χ0n) is 15.2. The highest BCUT2D eigenvalue weighted by Crippen LogP contribution is 2.23. The van der Waals surface area contributed by atoms with E-state index >= 15 is 0 Å². The smallest absolute Gasteiger partial charge is 0.261 e. The second kappa shape index (κ2) is 8.25. The van der Waals surface area contributed by atoms with Crippen molar-refractivity contribution in [2.75, 3.05) is 23.7 Å². The van der Waals surface area contributed by atoms with Crippen LogP contribution < -0.4 is 14.8 Å². The summed E-state index contributed by atoms with van der Waals surface area (Å²) in [6.45, 7) is 7.07. The highest BCUT2D eigenvalue weighted by molar-refractivity contribution is 7.92. The third-order valence-electron chi connectivity index (χ3n) is 3.86. The SMILES string of the molecule is COc1ccc(S(=O)(=O)Nc2ccc(NCCC(C)C)cc2)cc1C. The Balaban J connectivity index is 2.06. The molecule has 0 bridgehead atoms. The van der Waals surface area contributed by atoms with E-state index in [1.807, 2.05) is 19.1 Å². The molecule has 2 aromatic carbocycles. The van der Waals surface area contributed by atoms with Crippen LogP contribution in [0.15, 0.2) is 47.4 Å². The Labute approximate surface area is 150 Å². The van der Waals surface area contributed by atoms with Crippen LogP contribution in [0.2, 0.25) is 0 Å². The Kier molecular flexibility index (Phi) is 6.31. The number of nitrogens with one attached hydrogen (secondary N) is 2. The molecule has 2 aromatic rings. The van der Waals surface area contributed by atoms with Gasteiger partial charge in [0.05, 0.1) is 12.0 Å². The fourth-order valence-electron chi connectivity index (χ4n) is 2.39. The summed E-state index contributed by atoms with van der Waals surface area (Å²) in [7, 11) is -2.07. The van der Waals surface area contributed by atoms with Crippen LogP contribution in [0.4, 0.5) is 11.4 Å². The Hall–Kier alpha value is -2.21. The minimum atomic E-state index is -3.63. The van der Waals surface area contributed by atoms with Gasteiger partial charge in [0.15, 0.2) is 0 Å². The van der Waals surface area contributed by atoms with Crippen molar-refractivity contribution in [3.8, 4) is 5.75 Å². The number of benzene rings is 2. The van der Waals surface area contributed by atoms with Crippen LogP contribution in [-0.2, 0) is 10.0 Å². The van der Waals surface area contributed by atoms with Crippen LogP contribution in [-0.4, -0.2) is 22.1 Å². The standard InChI is InChI=1S/C19H26N2O3S/c1-14(2)11-12-20-16-5-7-17(8-6-16)21-25(22,23)18-9-10-19(24-4)15(3)13-18/h5-10,13-14,20-21H,11-12H2,1-4H3. The van der Waals surface area contributed by atoms with Crippen LogP contribution in [0.5, 0.6) is 5.75 Å². The van der Waals surface area contributed by atoms with E-state index in [1.54, 1.807) is 31.4 Å². The van der Waals surface area contributed by atoms with Crippen LogP contribution in [0, 0.1) is 12.8 Å². The molecular weight excluding hydrogens is 336 g/mol. The number of methoxy groups -OCH3 is 1. The lowest BCUT2D eigenvalue weighted by molar-refractivity contribution is 0.411. The van der Waals surface area contributed by atoms with Gasteiger partial charge in [0.2, 0.25) is 0 Å². The summed E-state index contributed by atoms with van der Waals surface area (Å²) >= 11 is 0. The van der Waals surface area contributed by atoms with Crippen molar-refractivity contribution in [1.29, 1.82) is 0 Å². The zero-order valence-corrected chi connectivity index (χ0v) is 16.0. The van der Waals surface area contributed by atoms with Gasteiger partial charge < -0.3 is 10.1 Å². The van der Waals surface area contributed by atoms with Crippen molar-refractivity contribution in [2.45, 2.75) is 32.1 Å². The lowest BCUT2D eigenvalue weighted by atomic mass is 10.1. The largest absolute Gasteiger partial charge is 0.496 e. The number of ether oxygens (including phenoxy) is 1. The van der Waals surface area contributed by atoms with Gasteiger partial charge in [-0.15, -0.1) is 0 Å². The monoisotopic (exact) mass is 362 g/mol. The first kappa shape index (κ1) is 19.1. The van der Waals surface area contributed by atoms with E-state index in [0.717, 1.165) is 24.2 Å². The van der Waals surface area contributed by atoms with E-state index in [4.69, 9.17) is 4.74 Å². The van der Waals surface area contributed by atoms with Crippen molar-refractivity contribution in [3.05, 3.63) is 48.0 Å². The maximum absolute atomic E-state index is 12.5. The van der Waals surface area contributed by atoms with Gasteiger partial charge in [-0.1, -0.05) is 13.8 Å². The van der Waals surface area contributed by atoms with Crippen molar-refractivity contribution in [1.82, 2.24) is 0 Å². The summed E-state index contributed by atoms with van der Waals surface area (Å²) in [5.74, 6) is 1.31. The molecule has 136 valence electrons. The van der Waals surface area contributed by atoms with E-state index in [2.05, 4.69) is 23.9 Å². The van der Waals surface area contributed by atoms with E-state index in [1.165, 1.54) is 6.07 Å². The topological polar surface area (TPSA) is 67.4 Å². The summed E-state index contributed by atoms with van der Waals surface area (Å²) in [4.78, 5) is 0.213. The van der Waals surface area contributed by atoms with E-state index in [9.17, 15) is 8.42 Å². The molecule has 0 atom stereocenters. The summed E-state index contributed by atoms with van der Waals surface area (Å²) in [6, 6.07) is 12.1. The maximum atomic E-state index is 12.5. The molecule has 0 heterocycles. The molecule has 2 rings (SSSR count). The Morgan fingerprint density at radius 3 is 2.24 bits per heavy atom. The fourth-order valence-corrected chi connectivity index (χ4v) is 3.54. The number of hydrogen-bond donors (Lipinski definition) is 2. The predicted octanol–water partition coefficient (Wildman–Crippen LogP) is 4.26. The maximum Gasteiger partial charge on any atom is 0.261 e. The quantitative estimate of drug-likeness (QED) is 0.736. The lowest BCUT2D eigenvalue weighted by Gasteiger charge is -2.12. The summed E-state index contributed by atoms with van der Waals surface area (Å²) in [6.07, 6.45) is 1.09. The van der Waals surface area contributed by atoms with Gasteiger partial charge in [-0.05, 0) is 67.3 Å². The number of anilines is 2. The summed E-state index contributed by atoms with van der Waals surface area (Å²) in [5.41, 5.74) is 2.28. The van der Waals surface area contributed by atoms with Gasteiger partial charge in [0.1, 0.15) is 5.75 Å². The van der Waals surface area contributed by atoms with Gasteiger partial charge in [-0.3, -0.25) is 4.72 Å². The molecule has 0 fully saturated rings. The second-order valence-corrected chi connectivity index (χ2v) is 8.11. The van der Waals surface area contributed by atoms with Gasteiger partial charge in [0, 0.05) is 17.9 Å². The molecule has 0 unspecified atom stereocenters. The van der Waals surface area contributed by atoms with Gasteiger partial charge in [0.25, 0.3) is 10.0 Å². The van der Waals surface area contributed by atoms with Crippen molar-refractivity contribution in [2.24, 2.45) is 5.92 Å². The Morgan fingerprint density at radius 1 is 1.04 bits per heavy atom. The lowest BCUT2D eigenvalue weighted by Crippen LogP contribution is -2.13. The molecule has 0 saturated heterocycles. The zero-order chi connectivity index (χ0) is 18.4. The number of hydrogen-bond acceptors (Lipinski definition) is 4. The molecule has 0 aliphatic rings. The van der Waals surface area contributed by atoms with Crippen molar-refractivity contribution < 1.29 is 13.2 Å². The normalized spacial score (nSPS) is 11.4. The van der Waals surface area contributed by atoms with Crippen LogP contribution in [0.25, 0.3) is 0 Å². The van der Waals surface area contributed by atoms with E-state index < -0.39 is 10.0 Å². The minimum absolute atomic E-state index is 0.213. The highest BCUT2D eigenvalue weighted by Gasteiger charge is 2.15. The summed E-state index contributed by atoms with van der Waals surface area (Å²) < 4.78 is 32.8. The van der Waals surface area contributed by atoms with Crippen LogP contribution in [0.3, 0.4) is 0 Å². The number of sulfonamides is 1. The van der Waals surface area contributed by atoms with E-state index in [0.29, 0.717) is 17.4 Å². The van der Waals surface area contributed by atoms with Gasteiger partial charge >= 0.3 is 0 Å². The van der Waals surface area contributed by atoms with Crippen molar-refractivity contribution in [3.63, 3.8) is 0 Å². The molecule has 2 N–H and O–H groups in total. The molecule has 0 spiro atoms. The first-order valence-electron chi connectivity index (χ1n) is 8.33. The fraction of sp³-hybridized carbons (Fsp3) is 0.368. The van der Waals surface area contributed by atoms with Gasteiger partial charge in [-0.25, -0.2) is 8.42 Å². The first-order valence-corrected chi connectivity index (χ1v) is 9.81. The number of rotatable bonds is 8. The molecule has 0 aliphatic heterocycles. The predicted molar refractivity (Wildman–Crippen MR) is 103 cm³/mol. The summed E-state index contributed by atoms with van der Waals surface area (Å²) in [5, 5.41) is 3.33. The third kappa shape index (κ3) is 5.39. The van der Waals surface area contributed by atoms with Crippen LogP contribution in [0.1, 0.15) is 25.8 Å². The molecule has 0 saturated carbocycles. The van der Waals surface area contributed by atoms with E-state index in [-0.39, 0.29) is 4.90 Å². The molecule has 0 aliphatic carbocycles. The average molecular weight is 362 g/mol. The molecule has 5 nitrogen and oxygen atoms in total. The van der Waals surface area contributed by atoms with Crippen molar-refractivity contribution >= 4 is 21.4 Å². The second-order valence-electron chi connectivity index (χ2n) is 6.42. The molecule has 0 aromatic heterocycles. The molecule has 0 radical (unpaired) electrons. The molecule has 0 amide bonds. The first-order chi connectivity index (χ1) is 11.8. The van der Waals surface area contributed by atoms with Crippen LogP contribution >= 0.6 is 0 Å². The highest BCUT2D eigenvalue weighted by atomic mass is 32.2. The Bertz CT molecular complexity index is 800. The minimum Gasteiger partial charge on any atom is -0.496 e.